The van der Waals surface area contributed by atoms with Crippen LogP contribution < -0.4 is 11.5 Å². The van der Waals surface area contributed by atoms with Crippen molar-refractivity contribution in [1.82, 2.24) is 0 Å². The highest BCUT2D eigenvalue weighted by Gasteiger charge is 2.40. The van der Waals surface area contributed by atoms with Gasteiger partial charge in [0.15, 0.2) is 0 Å². The second-order valence-electron chi connectivity index (χ2n) is 3.72. The first-order chi connectivity index (χ1) is 5.94. The summed E-state index contributed by atoms with van der Waals surface area (Å²) in [5.74, 6) is -0.893. The molecule has 5 heteroatoms. The minimum Gasteiger partial charge on any atom is -0.382 e. The number of hydrogen-bond donors (Lipinski definition) is 3. The van der Waals surface area contributed by atoms with E-state index < -0.39 is 23.7 Å². The van der Waals surface area contributed by atoms with Crippen LogP contribution in [-0.4, -0.2) is 28.8 Å². The molecule has 4 nitrogen and oxygen atoms in total. The SMILES string of the molecule is NC(=O)C(O)C(N)CC1(F)CCC1. The second-order valence-corrected chi connectivity index (χ2v) is 3.72. The summed E-state index contributed by atoms with van der Waals surface area (Å²) in [6.45, 7) is 0. The van der Waals surface area contributed by atoms with Gasteiger partial charge in [0.1, 0.15) is 11.8 Å². The molecule has 1 fully saturated rings. The molecule has 2 atom stereocenters. The highest BCUT2D eigenvalue weighted by atomic mass is 19.1. The monoisotopic (exact) mass is 190 g/mol. The van der Waals surface area contributed by atoms with Crippen molar-refractivity contribution >= 4 is 5.91 Å². The maximum atomic E-state index is 13.4. The Balaban J connectivity index is 2.39. The number of aliphatic hydroxyl groups excluding tert-OH is 1. The zero-order valence-corrected chi connectivity index (χ0v) is 7.37. The van der Waals surface area contributed by atoms with Crippen molar-refractivity contribution in [2.24, 2.45) is 11.5 Å². The molecule has 0 aromatic carbocycles. The fraction of sp³-hybridized carbons (Fsp3) is 0.875. The van der Waals surface area contributed by atoms with E-state index in [1.165, 1.54) is 0 Å². The van der Waals surface area contributed by atoms with Crippen LogP contribution in [0, 0.1) is 0 Å². The van der Waals surface area contributed by atoms with Crippen LogP contribution in [0.2, 0.25) is 0 Å². The number of nitrogens with two attached hydrogens (primary N) is 2. The molecule has 5 N–H and O–H groups in total. The number of alkyl halides is 1. The summed E-state index contributed by atoms with van der Waals surface area (Å²) in [7, 11) is 0. The van der Waals surface area contributed by atoms with Crippen molar-refractivity contribution in [3.8, 4) is 0 Å². The van der Waals surface area contributed by atoms with Gasteiger partial charge in [0.2, 0.25) is 5.91 Å². The van der Waals surface area contributed by atoms with E-state index in [-0.39, 0.29) is 6.42 Å². The molecule has 0 spiro atoms. The molecular weight excluding hydrogens is 175 g/mol. The van der Waals surface area contributed by atoms with Crippen LogP contribution in [0.1, 0.15) is 25.7 Å². The van der Waals surface area contributed by atoms with Crippen molar-refractivity contribution in [1.29, 1.82) is 0 Å². The summed E-state index contributed by atoms with van der Waals surface area (Å²) in [4.78, 5) is 10.5. The molecule has 0 bridgehead atoms. The number of amides is 1. The number of carbonyl (C=O) groups is 1. The highest BCUT2D eigenvalue weighted by molar-refractivity contribution is 5.79. The van der Waals surface area contributed by atoms with Crippen molar-refractivity contribution in [2.75, 3.05) is 0 Å². The lowest BCUT2D eigenvalue weighted by molar-refractivity contribution is -0.127. The van der Waals surface area contributed by atoms with Gasteiger partial charge >= 0.3 is 0 Å². The molecule has 1 aliphatic carbocycles. The largest absolute Gasteiger partial charge is 0.382 e. The standard InChI is InChI=1S/C8H15FN2O2/c9-8(2-1-3-8)4-5(10)6(12)7(11)13/h5-6,12H,1-4,10H2,(H2,11,13). The van der Waals surface area contributed by atoms with Gasteiger partial charge < -0.3 is 16.6 Å². The van der Waals surface area contributed by atoms with Crippen molar-refractivity contribution in [2.45, 2.75) is 43.5 Å². The van der Waals surface area contributed by atoms with Crippen LogP contribution in [-0.2, 0) is 4.79 Å². The number of rotatable bonds is 4. The summed E-state index contributed by atoms with van der Waals surface area (Å²) in [6.07, 6.45) is 0.346. The third-order valence-corrected chi connectivity index (χ3v) is 2.55. The van der Waals surface area contributed by atoms with E-state index in [2.05, 4.69) is 0 Å². The van der Waals surface area contributed by atoms with Gasteiger partial charge in [-0.15, -0.1) is 0 Å². The topological polar surface area (TPSA) is 89.3 Å². The normalized spacial score (nSPS) is 24.5. The van der Waals surface area contributed by atoms with Gasteiger partial charge in [-0.2, -0.15) is 0 Å². The zero-order valence-electron chi connectivity index (χ0n) is 7.37. The fourth-order valence-electron chi connectivity index (χ4n) is 1.51. The molecule has 13 heavy (non-hydrogen) atoms. The van der Waals surface area contributed by atoms with Gasteiger partial charge in [0.25, 0.3) is 0 Å². The molecular formula is C8H15FN2O2. The molecule has 0 aromatic rings. The Morgan fingerprint density at radius 2 is 2.15 bits per heavy atom. The molecule has 1 aliphatic rings. The Hall–Kier alpha value is -0.680. The molecule has 0 saturated heterocycles. The van der Waals surface area contributed by atoms with Gasteiger partial charge in [-0.05, 0) is 25.7 Å². The number of aliphatic hydroxyl groups is 1. The summed E-state index contributed by atoms with van der Waals surface area (Å²) >= 11 is 0. The molecule has 0 heterocycles. The molecule has 0 aromatic heterocycles. The lowest BCUT2D eigenvalue weighted by atomic mass is 9.77. The van der Waals surface area contributed by atoms with E-state index >= 15 is 0 Å². The molecule has 0 radical (unpaired) electrons. The third kappa shape index (κ3) is 2.38. The quantitative estimate of drug-likeness (QED) is 0.555. The van der Waals surface area contributed by atoms with Crippen LogP contribution in [0.15, 0.2) is 0 Å². The van der Waals surface area contributed by atoms with E-state index in [4.69, 9.17) is 16.6 Å². The predicted molar refractivity (Wildman–Crippen MR) is 45.5 cm³/mol. The second kappa shape index (κ2) is 3.59. The van der Waals surface area contributed by atoms with Gasteiger partial charge in [-0.1, -0.05) is 0 Å². The Kier molecular flexibility index (Phi) is 2.87. The van der Waals surface area contributed by atoms with Crippen LogP contribution >= 0.6 is 0 Å². The summed E-state index contributed by atoms with van der Waals surface area (Å²) in [5, 5.41) is 9.11. The van der Waals surface area contributed by atoms with Crippen molar-refractivity contribution < 1.29 is 14.3 Å². The van der Waals surface area contributed by atoms with E-state index in [1.54, 1.807) is 0 Å². The number of halogens is 1. The molecule has 76 valence electrons. The smallest absolute Gasteiger partial charge is 0.247 e. The van der Waals surface area contributed by atoms with Crippen LogP contribution in [0.25, 0.3) is 0 Å². The van der Waals surface area contributed by atoms with E-state index in [0.717, 1.165) is 6.42 Å². The predicted octanol–water partition coefficient (Wildman–Crippen LogP) is -0.558. The maximum absolute atomic E-state index is 13.4. The number of hydrogen-bond acceptors (Lipinski definition) is 3. The fourth-order valence-corrected chi connectivity index (χ4v) is 1.51. The number of carbonyl (C=O) groups excluding carboxylic acids is 1. The van der Waals surface area contributed by atoms with E-state index in [9.17, 15) is 9.18 Å². The van der Waals surface area contributed by atoms with Gasteiger partial charge in [-0.25, -0.2) is 4.39 Å². The highest BCUT2D eigenvalue weighted by Crippen LogP contribution is 2.39. The molecule has 0 aliphatic heterocycles. The van der Waals surface area contributed by atoms with Crippen LogP contribution in [0.4, 0.5) is 4.39 Å². The lowest BCUT2D eigenvalue weighted by Gasteiger charge is -2.36. The number of primary amides is 1. The average Bonchev–Trinajstić information content (AvgIpc) is 1.99. The Morgan fingerprint density at radius 3 is 2.46 bits per heavy atom. The van der Waals surface area contributed by atoms with Gasteiger partial charge in [0, 0.05) is 6.04 Å². The lowest BCUT2D eigenvalue weighted by Crippen LogP contribution is -2.49. The molecule has 2 unspecified atom stereocenters. The average molecular weight is 190 g/mol. The minimum absolute atomic E-state index is 0.0110. The van der Waals surface area contributed by atoms with Crippen LogP contribution in [0.5, 0.6) is 0 Å². The Bertz CT molecular complexity index is 206. The first-order valence-electron chi connectivity index (χ1n) is 4.36. The van der Waals surface area contributed by atoms with Crippen molar-refractivity contribution in [3.63, 3.8) is 0 Å². The zero-order chi connectivity index (χ0) is 10.1. The Labute approximate surface area is 76.1 Å². The maximum Gasteiger partial charge on any atom is 0.247 e. The van der Waals surface area contributed by atoms with E-state index in [0.29, 0.717) is 12.8 Å². The Morgan fingerprint density at radius 1 is 1.62 bits per heavy atom. The molecule has 1 saturated carbocycles. The summed E-state index contributed by atoms with van der Waals surface area (Å²) in [6, 6.07) is -0.886. The van der Waals surface area contributed by atoms with E-state index in [1.807, 2.05) is 0 Å². The summed E-state index contributed by atoms with van der Waals surface area (Å²) < 4.78 is 13.4. The van der Waals surface area contributed by atoms with Crippen LogP contribution in [0.3, 0.4) is 0 Å². The first kappa shape index (κ1) is 10.4. The molecule has 1 rings (SSSR count). The van der Waals surface area contributed by atoms with Gasteiger partial charge in [0.05, 0.1) is 0 Å². The first-order valence-corrected chi connectivity index (χ1v) is 4.36. The van der Waals surface area contributed by atoms with Gasteiger partial charge in [-0.3, -0.25) is 4.79 Å². The minimum atomic E-state index is -1.44. The third-order valence-electron chi connectivity index (χ3n) is 2.55. The van der Waals surface area contributed by atoms with Crippen molar-refractivity contribution in [3.05, 3.63) is 0 Å². The summed E-state index contributed by atoms with van der Waals surface area (Å²) in [5.41, 5.74) is 8.96. The molecule has 1 amide bonds.